The molecular formula is C17H15NO6S. The summed E-state index contributed by atoms with van der Waals surface area (Å²) in [6.45, 7) is 1.01. The predicted octanol–water partition coefficient (Wildman–Crippen LogP) is 2.40. The van der Waals surface area contributed by atoms with Crippen LogP contribution in [-0.2, 0) is 20.7 Å². The minimum atomic E-state index is -0.542. The van der Waals surface area contributed by atoms with E-state index in [1.807, 2.05) is 16.8 Å². The summed E-state index contributed by atoms with van der Waals surface area (Å²) in [4.78, 5) is 35.5. The van der Waals surface area contributed by atoms with Crippen LogP contribution in [0.1, 0.15) is 22.8 Å². The van der Waals surface area contributed by atoms with E-state index in [9.17, 15) is 14.4 Å². The van der Waals surface area contributed by atoms with Gasteiger partial charge >= 0.3 is 5.97 Å². The second-order valence-corrected chi connectivity index (χ2v) is 6.10. The highest BCUT2D eigenvalue weighted by atomic mass is 32.1. The number of fused-ring (bicyclic) bond motifs is 1. The van der Waals surface area contributed by atoms with Crippen molar-refractivity contribution in [1.29, 1.82) is 0 Å². The summed E-state index contributed by atoms with van der Waals surface area (Å²) >= 11 is 1.48. The lowest BCUT2D eigenvalue weighted by Gasteiger charge is -2.11. The van der Waals surface area contributed by atoms with Crippen molar-refractivity contribution < 1.29 is 28.6 Å². The minimum absolute atomic E-state index is 0.0598. The Labute approximate surface area is 147 Å². The van der Waals surface area contributed by atoms with Gasteiger partial charge in [0, 0.05) is 11.6 Å². The van der Waals surface area contributed by atoms with E-state index < -0.39 is 18.5 Å². The molecule has 0 saturated heterocycles. The molecule has 0 unspecified atom stereocenters. The highest BCUT2D eigenvalue weighted by Crippen LogP contribution is 2.37. The van der Waals surface area contributed by atoms with Gasteiger partial charge in [-0.15, -0.1) is 0 Å². The first-order valence-electron chi connectivity index (χ1n) is 7.44. The number of thiophene rings is 1. The second-order valence-electron chi connectivity index (χ2n) is 5.32. The van der Waals surface area contributed by atoms with E-state index in [0.717, 1.165) is 5.56 Å². The Morgan fingerprint density at radius 2 is 2.00 bits per heavy atom. The molecule has 1 amide bonds. The van der Waals surface area contributed by atoms with E-state index in [1.165, 1.54) is 30.4 Å². The molecule has 0 radical (unpaired) electrons. The zero-order valence-electron chi connectivity index (χ0n) is 13.4. The van der Waals surface area contributed by atoms with Crippen molar-refractivity contribution in [2.24, 2.45) is 0 Å². The third kappa shape index (κ3) is 4.16. The zero-order chi connectivity index (χ0) is 17.8. The Morgan fingerprint density at radius 3 is 2.68 bits per heavy atom. The van der Waals surface area contributed by atoms with Crippen LogP contribution in [0.5, 0.6) is 11.5 Å². The molecule has 0 saturated carbocycles. The molecule has 1 aliphatic rings. The van der Waals surface area contributed by atoms with Crippen LogP contribution in [0, 0.1) is 0 Å². The molecule has 0 spiro atoms. The van der Waals surface area contributed by atoms with Crippen LogP contribution in [0.15, 0.2) is 29.0 Å². The Kier molecular flexibility index (Phi) is 4.99. The highest BCUT2D eigenvalue weighted by molar-refractivity contribution is 7.08. The summed E-state index contributed by atoms with van der Waals surface area (Å²) in [5.41, 5.74) is 1.42. The summed E-state index contributed by atoms with van der Waals surface area (Å²) in [5.74, 6) is -0.380. The number of hydrogen-bond acceptors (Lipinski definition) is 7. The van der Waals surface area contributed by atoms with E-state index in [-0.39, 0.29) is 24.7 Å². The molecule has 1 aromatic carbocycles. The van der Waals surface area contributed by atoms with Crippen LogP contribution >= 0.6 is 11.3 Å². The summed E-state index contributed by atoms with van der Waals surface area (Å²) in [7, 11) is 0. The molecule has 2 heterocycles. The van der Waals surface area contributed by atoms with Gasteiger partial charge in [-0.25, -0.2) is 0 Å². The lowest BCUT2D eigenvalue weighted by Crippen LogP contribution is -2.22. The van der Waals surface area contributed by atoms with Crippen LogP contribution in [0.25, 0.3) is 0 Å². The number of amides is 1. The summed E-state index contributed by atoms with van der Waals surface area (Å²) < 4.78 is 15.4. The number of ether oxygens (including phenoxy) is 3. The van der Waals surface area contributed by atoms with Crippen molar-refractivity contribution >= 4 is 34.7 Å². The van der Waals surface area contributed by atoms with Crippen molar-refractivity contribution in [3.05, 3.63) is 40.1 Å². The van der Waals surface area contributed by atoms with Crippen molar-refractivity contribution in [2.75, 3.05) is 18.7 Å². The number of carbonyl (C=O) groups excluding carboxylic acids is 3. The van der Waals surface area contributed by atoms with Crippen molar-refractivity contribution in [1.82, 2.24) is 0 Å². The van der Waals surface area contributed by atoms with Gasteiger partial charge in [-0.2, -0.15) is 11.3 Å². The SMILES string of the molecule is CC(=O)c1cc2c(cc1NC(=O)COC(=O)Cc1ccsc1)OCO2. The predicted molar refractivity (Wildman–Crippen MR) is 90.2 cm³/mol. The van der Waals surface area contributed by atoms with Gasteiger partial charge in [-0.05, 0) is 35.4 Å². The molecule has 0 bridgehead atoms. The zero-order valence-corrected chi connectivity index (χ0v) is 14.2. The van der Waals surface area contributed by atoms with E-state index in [0.29, 0.717) is 17.1 Å². The first-order valence-corrected chi connectivity index (χ1v) is 8.38. The number of esters is 1. The minimum Gasteiger partial charge on any atom is -0.455 e. The van der Waals surface area contributed by atoms with E-state index in [4.69, 9.17) is 14.2 Å². The van der Waals surface area contributed by atoms with Gasteiger partial charge in [-0.3, -0.25) is 14.4 Å². The molecule has 1 aromatic heterocycles. The number of hydrogen-bond donors (Lipinski definition) is 1. The third-order valence-corrected chi connectivity index (χ3v) is 4.19. The van der Waals surface area contributed by atoms with Gasteiger partial charge in [-0.1, -0.05) is 0 Å². The standard InChI is InChI=1S/C17H15NO6S/c1-10(19)12-5-14-15(24-9-23-14)6-13(12)18-16(20)7-22-17(21)4-11-2-3-25-8-11/h2-3,5-6,8H,4,7,9H2,1H3,(H,18,20). The van der Waals surface area contributed by atoms with Crippen LogP contribution in [0.2, 0.25) is 0 Å². The summed E-state index contributed by atoms with van der Waals surface area (Å²) in [5, 5.41) is 6.27. The fourth-order valence-electron chi connectivity index (χ4n) is 2.28. The largest absolute Gasteiger partial charge is 0.455 e. The van der Waals surface area contributed by atoms with Crippen molar-refractivity contribution in [3.63, 3.8) is 0 Å². The Bertz CT molecular complexity index is 815. The number of anilines is 1. The molecule has 25 heavy (non-hydrogen) atoms. The van der Waals surface area contributed by atoms with E-state index >= 15 is 0 Å². The lowest BCUT2D eigenvalue weighted by atomic mass is 10.1. The van der Waals surface area contributed by atoms with Gasteiger partial charge in [0.1, 0.15) is 0 Å². The normalized spacial score (nSPS) is 11.9. The number of benzene rings is 1. The average Bonchev–Trinajstić information content (AvgIpc) is 3.23. The molecule has 3 rings (SSSR count). The fourth-order valence-corrected chi connectivity index (χ4v) is 2.95. The maximum absolute atomic E-state index is 12.0. The van der Waals surface area contributed by atoms with Gasteiger partial charge in [0.05, 0.1) is 12.1 Å². The molecule has 0 atom stereocenters. The van der Waals surface area contributed by atoms with Crippen LogP contribution < -0.4 is 14.8 Å². The molecule has 2 aromatic rings. The first-order chi connectivity index (χ1) is 12.0. The molecule has 0 fully saturated rings. The lowest BCUT2D eigenvalue weighted by molar-refractivity contribution is -0.146. The van der Waals surface area contributed by atoms with Crippen LogP contribution in [-0.4, -0.2) is 31.1 Å². The average molecular weight is 361 g/mol. The Balaban J connectivity index is 1.61. The molecule has 1 N–H and O–H groups in total. The number of carbonyl (C=O) groups is 3. The van der Waals surface area contributed by atoms with Crippen LogP contribution in [0.4, 0.5) is 5.69 Å². The maximum Gasteiger partial charge on any atom is 0.310 e. The second kappa shape index (κ2) is 7.35. The monoisotopic (exact) mass is 361 g/mol. The van der Waals surface area contributed by atoms with Gasteiger partial charge in [0.15, 0.2) is 23.9 Å². The number of Topliss-reactive ketones (excluding diaryl/α,β-unsaturated/α-hetero) is 1. The topological polar surface area (TPSA) is 90.9 Å². The Morgan fingerprint density at radius 1 is 1.24 bits per heavy atom. The smallest absolute Gasteiger partial charge is 0.310 e. The highest BCUT2D eigenvalue weighted by Gasteiger charge is 2.20. The summed E-state index contributed by atoms with van der Waals surface area (Å²) in [6.07, 6.45) is 0.111. The summed E-state index contributed by atoms with van der Waals surface area (Å²) in [6, 6.07) is 4.85. The molecule has 1 aliphatic heterocycles. The number of rotatable bonds is 6. The van der Waals surface area contributed by atoms with Gasteiger partial charge in [0.25, 0.3) is 5.91 Å². The molecular weight excluding hydrogens is 346 g/mol. The van der Waals surface area contributed by atoms with E-state index in [2.05, 4.69) is 5.32 Å². The molecule has 7 nitrogen and oxygen atoms in total. The fraction of sp³-hybridized carbons (Fsp3) is 0.235. The third-order valence-electron chi connectivity index (χ3n) is 3.46. The van der Waals surface area contributed by atoms with E-state index in [1.54, 1.807) is 0 Å². The number of ketones is 1. The van der Waals surface area contributed by atoms with Crippen molar-refractivity contribution in [2.45, 2.75) is 13.3 Å². The van der Waals surface area contributed by atoms with Gasteiger partial charge in [0.2, 0.25) is 6.79 Å². The van der Waals surface area contributed by atoms with Crippen LogP contribution in [0.3, 0.4) is 0 Å². The van der Waals surface area contributed by atoms with Gasteiger partial charge < -0.3 is 19.5 Å². The number of nitrogens with one attached hydrogen (secondary N) is 1. The molecule has 0 aliphatic carbocycles. The Hall–Kier alpha value is -2.87. The first kappa shape index (κ1) is 17.0. The maximum atomic E-state index is 12.0. The van der Waals surface area contributed by atoms with Crippen molar-refractivity contribution in [3.8, 4) is 11.5 Å². The molecule has 130 valence electrons. The quantitative estimate of drug-likeness (QED) is 0.628. The molecule has 8 heteroatoms.